The van der Waals surface area contributed by atoms with Crippen molar-refractivity contribution in [2.75, 3.05) is 38.5 Å². The molecule has 0 spiro atoms. The second-order valence-corrected chi connectivity index (χ2v) is 6.25. The highest BCUT2D eigenvalue weighted by Gasteiger charge is 2.18. The first-order valence-electron chi connectivity index (χ1n) is 8.52. The van der Waals surface area contributed by atoms with Crippen LogP contribution >= 0.6 is 0 Å². The number of rotatable bonds is 4. The normalized spacial score (nSPS) is 16.0. The van der Waals surface area contributed by atoms with Gasteiger partial charge in [-0.25, -0.2) is 9.48 Å². The molecular formula is C18H25N5O. The Morgan fingerprint density at radius 2 is 1.96 bits per heavy atom. The van der Waals surface area contributed by atoms with Gasteiger partial charge in [0.15, 0.2) is 0 Å². The Labute approximate surface area is 143 Å². The number of aryl methyl sites for hydroxylation is 2. The van der Waals surface area contributed by atoms with Gasteiger partial charge in [0.05, 0.1) is 6.20 Å². The molecule has 0 bridgehead atoms. The van der Waals surface area contributed by atoms with E-state index in [4.69, 9.17) is 0 Å². The first-order chi connectivity index (χ1) is 11.7. The number of carbonyl (C=O) groups is 1. The summed E-state index contributed by atoms with van der Waals surface area (Å²) in [6, 6.07) is 12.1. The molecule has 1 saturated heterocycles. The van der Waals surface area contributed by atoms with Gasteiger partial charge >= 0.3 is 6.03 Å². The van der Waals surface area contributed by atoms with Gasteiger partial charge in [0, 0.05) is 32.2 Å². The van der Waals surface area contributed by atoms with Crippen molar-refractivity contribution < 1.29 is 4.79 Å². The summed E-state index contributed by atoms with van der Waals surface area (Å²) in [6.45, 7) is 4.27. The van der Waals surface area contributed by atoms with Crippen LogP contribution in [-0.4, -0.2) is 58.8 Å². The number of amides is 2. The SMILES string of the molecule is CN1CCCN(C(=O)Nc2ccnn2CCc2ccccc2)CC1. The zero-order valence-electron chi connectivity index (χ0n) is 14.2. The van der Waals surface area contributed by atoms with Gasteiger partial charge < -0.3 is 9.80 Å². The molecule has 0 aliphatic carbocycles. The van der Waals surface area contributed by atoms with Crippen LogP contribution in [0.1, 0.15) is 12.0 Å². The molecule has 0 radical (unpaired) electrons. The zero-order chi connectivity index (χ0) is 16.8. The molecule has 1 aromatic heterocycles. The molecule has 6 heteroatoms. The molecule has 24 heavy (non-hydrogen) atoms. The molecule has 2 heterocycles. The predicted octanol–water partition coefficient (Wildman–Crippen LogP) is 2.30. The number of nitrogens with one attached hydrogen (secondary N) is 1. The molecule has 6 nitrogen and oxygen atoms in total. The first-order valence-corrected chi connectivity index (χ1v) is 8.52. The van der Waals surface area contributed by atoms with Gasteiger partial charge in [-0.2, -0.15) is 5.10 Å². The Bertz CT molecular complexity index is 654. The number of aromatic nitrogens is 2. The third-order valence-electron chi connectivity index (χ3n) is 4.41. The van der Waals surface area contributed by atoms with E-state index in [-0.39, 0.29) is 6.03 Å². The van der Waals surface area contributed by atoms with Gasteiger partial charge in [-0.15, -0.1) is 0 Å². The molecule has 1 aliphatic rings. The molecular weight excluding hydrogens is 302 g/mol. The third kappa shape index (κ3) is 4.35. The second kappa shape index (κ2) is 7.97. The Hall–Kier alpha value is -2.34. The number of urea groups is 1. The van der Waals surface area contributed by atoms with E-state index in [0.717, 1.165) is 51.4 Å². The maximum atomic E-state index is 12.5. The summed E-state index contributed by atoms with van der Waals surface area (Å²) >= 11 is 0. The van der Waals surface area contributed by atoms with Crippen LogP contribution in [-0.2, 0) is 13.0 Å². The van der Waals surface area contributed by atoms with Crippen LogP contribution in [0.15, 0.2) is 42.6 Å². The third-order valence-corrected chi connectivity index (χ3v) is 4.41. The largest absolute Gasteiger partial charge is 0.323 e. The number of hydrogen-bond acceptors (Lipinski definition) is 3. The van der Waals surface area contributed by atoms with Crippen molar-refractivity contribution in [2.24, 2.45) is 0 Å². The van der Waals surface area contributed by atoms with E-state index in [1.807, 2.05) is 33.8 Å². The molecule has 3 rings (SSSR count). The van der Waals surface area contributed by atoms with Crippen LogP contribution in [0.25, 0.3) is 0 Å². The van der Waals surface area contributed by atoms with E-state index in [2.05, 4.69) is 34.5 Å². The van der Waals surface area contributed by atoms with Crippen molar-refractivity contribution in [3.05, 3.63) is 48.2 Å². The Morgan fingerprint density at radius 1 is 1.12 bits per heavy atom. The molecule has 1 N–H and O–H groups in total. The molecule has 0 saturated carbocycles. The van der Waals surface area contributed by atoms with Gasteiger partial charge in [0.1, 0.15) is 5.82 Å². The Balaban J connectivity index is 1.57. The summed E-state index contributed by atoms with van der Waals surface area (Å²) in [5.74, 6) is 0.758. The maximum absolute atomic E-state index is 12.5. The quantitative estimate of drug-likeness (QED) is 0.937. The fourth-order valence-corrected chi connectivity index (χ4v) is 2.93. The molecule has 1 aliphatic heterocycles. The van der Waals surface area contributed by atoms with Crippen LogP contribution in [0.5, 0.6) is 0 Å². The highest BCUT2D eigenvalue weighted by molar-refractivity contribution is 5.88. The lowest BCUT2D eigenvalue weighted by Crippen LogP contribution is -2.38. The number of likely N-dealkylation sites (N-methyl/N-ethyl adjacent to an activating group) is 1. The van der Waals surface area contributed by atoms with E-state index in [0.29, 0.717) is 0 Å². The number of nitrogens with zero attached hydrogens (tertiary/aromatic N) is 4. The molecule has 2 amide bonds. The topological polar surface area (TPSA) is 53.4 Å². The maximum Gasteiger partial charge on any atom is 0.323 e. The fourth-order valence-electron chi connectivity index (χ4n) is 2.93. The Kier molecular flexibility index (Phi) is 5.48. The van der Waals surface area contributed by atoms with Crippen molar-refractivity contribution in [1.82, 2.24) is 19.6 Å². The average molecular weight is 327 g/mol. The zero-order valence-corrected chi connectivity index (χ0v) is 14.2. The predicted molar refractivity (Wildman–Crippen MR) is 95.1 cm³/mol. The lowest BCUT2D eigenvalue weighted by molar-refractivity contribution is 0.213. The van der Waals surface area contributed by atoms with Crippen molar-refractivity contribution in [3.8, 4) is 0 Å². The standard InChI is InChI=1S/C18H25N5O/c1-21-11-5-12-22(15-14-21)18(24)20-17-8-10-19-23(17)13-9-16-6-3-2-4-7-16/h2-4,6-8,10H,5,9,11-15H2,1H3,(H,20,24). The van der Waals surface area contributed by atoms with Gasteiger partial charge in [-0.1, -0.05) is 30.3 Å². The van der Waals surface area contributed by atoms with Crippen LogP contribution in [0.3, 0.4) is 0 Å². The van der Waals surface area contributed by atoms with Gasteiger partial charge in [0.2, 0.25) is 0 Å². The minimum absolute atomic E-state index is 0.0354. The Morgan fingerprint density at radius 3 is 2.79 bits per heavy atom. The summed E-state index contributed by atoms with van der Waals surface area (Å²) in [5, 5.41) is 7.34. The van der Waals surface area contributed by atoms with Crippen molar-refractivity contribution in [1.29, 1.82) is 0 Å². The summed E-state index contributed by atoms with van der Waals surface area (Å²) < 4.78 is 1.86. The molecule has 0 unspecified atom stereocenters. The number of anilines is 1. The van der Waals surface area contributed by atoms with Crippen LogP contribution in [0, 0.1) is 0 Å². The second-order valence-electron chi connectivity index (χ2n) is 6.25. The smallest absolute Gasteiger partial charge is 0.323 e. The number of carbonyl (C=O) groups excluding carboxylic acids is 1. The van der Waals surface area contributed by atoms with Crippen LogP contribution in [0.2, 0.25) is 0 Å². The monoisotopic (exact) mass is 327 g/mol. The summed E-state index contributed by atoms with van der Waals surface area (Å²) in [7, 11) is 2.10. The van der Waals surface area contributed by atoms with E-state index in [1.165, 1.54) is 5.56 Å². The lowest BCUT2D eigenvalue weighted by Gasteiger charge is -2.21. The molecule has 128 valence electrons. The highest BCUT2D eigenvalue weighted by atomic mass is 16.2. The van der Waals surface area contributed by atoms with Crippen molar-refractivity contribution in [2.45, 2.75) is 19.4 Å². The summed E-state index contributed by atoms with van der Waals surface area (Å²) in [5.41, 5.74) is 1.26. The van der Waals surface area contributed by atoms with Crippen molar-refractivity contribution >= 4 is 11.8 Å². The molecule has 0 atom stereocenters. The average Bonchev–Trinajstić information content (AvgIpc) is 2.91. The van der Waals surface area contributed by atoms with Gasteiger partial charge in [-0.05, 0) is 32.0 Å². The highest BCUT2D eigenvalue weighted by Crippen LogP contribution is 2.11. The fraction of sp³-hybridized carbons (Fsp3) is 0.444. The summed E-state index contributed by atoms with van der Waals surface area (Å²) in [4.78, 5) is 16.7. The van der Waals surface area contributed by atoms with E-state index >= 15 is 0 Å². The molecule has 2 aromatic rings. The van der Waals surface area contributed by atoms with E-state index in [9.17, 15) is 4.79 Å². The number of benzene rings is 1. The minimum Gasteiger partial charge on any atom is -0.323 e. The van der Waals surface area contributed by atoms with Crippen molar-refractivity contribution in [3.63, 3.8) is 0 Å². The minimum atomic E-state index is -0.0354. The van der Waals surface area contributed by atoms with E-state index < -0.39 is 0 Å². The molecule has 1 fully saturated rings. The van der Waals surface area contributed by atoms with E-state index in [1.54, 1.807) is 6.20 Å². The van der Waals surface area contributed by atoms with Crippen LogP contribution in [0.4, 0.5) is 10.6 Å². The first kappa shape index (κ1) is 16.5. The van der Waals surface area contributed by atoms with Crippen LogP contribution < -0.4 is 5.32 Å². The molecule has 1 aromatic carbocycles. The number of hydrogen-bond donors (Lipinski definition) is 1. The lowest BCUT2D eigenvalue weighted by atomic mass is 10.1. The van der Waals surface area contributed by atoms with Gasteiger partial charge in [-0.3, -0.25) is 5.32 Å². The summed E-state index contributed by atoms with van der Waals surface area (Å²) in [6.07, 6.45) is 3.63. The van der Waals surface area contributed by atoms with Gasteiger partial charge in [0.25, 0.3) is 0 Å².